The van der Waals surface area contributed by atoms with E-state index >= 15 is 0 Å². The molecule has 2 aromatic carbocycles. The maximum atomic E-state index is 13.5. The van der Waals surface area contributed by atoms with Crippen LogP contribution in [0.5, 0.6) is 5.75 Å². The van der Waals surface area contributed by atoms with Crippen LogP contribution in [0.25, 0.3) is 0 Å². The third-order valence-electron chi connectivity index (χ3n) is 7.06. The molecular formula is C25H31N3O2. The summed E-state index contributed by atoms with van der Waals surface area (Å²) < 4.78 is 5.50. The Bertz CT molecular complexity index is 920. The summed E-state index contributed by atoms with van der Waals surface area (Å²) in [6.45, 7) is 6.71. The Labute approximate surface area is 179 Å². The highest BCUT2D eigenvalue weighted by Gasteiger charge is 2.43. The number of carbonyl (C=O) groups excluding carboxylic acids is 1. The second-order valence-electron chi connectivity index (χ2n) is 8.88. The molecule has 0 aliphatic carbocycles. The third kappa shape index (κ3) is 3.40. The molecule has 2 saturated heterocycles. The Morgan fingerprint density at radius 2 is 1.77 bits per heavy atom. The van der Waals surface area contributed by atoms with E-state index in [-0.39, 0.29) is 12.0 Å². The van der Waals surface area contributed by atoms with Gasteiger partial charge in [-0.15, -0.1) is 0 Å². The molecule has 0 N–H and O–H groups in total. The summed E-state index contributed by atoms with van der Waals surface area (Å²) in [5.41, 5.74) is 5.05. The average Bonchev–Trinajstić information content (AvgIpc) is 3.33. The van der Waals surface area contributed by atoms with E-state index in [4.69, 9.17) is 4.74 Å². The molecule has 3 aliphatic heterocycles. The lowest BCUT2D eigenvalue weighted by molar-refractivity contribution is -0.135. The van der Waals surface area contributed by atoms with E-state index in [0.29, 0.717) is 5.91 Å². The Morgan fingerprint density at radius 1 is 1.00 bits per heavy atom. The van der Waals surface area contributed by atoms with Crippen LogP contribution in [0.3, 0.4) is 0 Å². The van der Waals surface area contributed by atoms with Crippen LogP contribution >= 0.6 is 0 Å². The van der Waals surface area contributed by atoms with Crippen molar-refractivity contribution < 1.29 is 9.53 Å². The van der Waals surface area contributed by atoms with Gasteiger partial charge in [0.25, 0.3) is 0 Å². The topological polar surface area (TPSA) is 36.0 Å². The summed E-state index contributed by atoms with van der Waals surface area (Å²) in [7, 11) is 1.72. The molecule has 2 aromatic rings. The second kappa shape index (κ2) is 7.86. The van der Waals surface area contributed by atoms with Crippen LogP contribution in [0.4, 0.5) is 11.4 Å². The summed E-state index contributed by atoms with van der Waals surface area (Å²) >= 11 is 0. The number of nitrogens with zero attached hydrogens (tertiary/aromatic N) is 3. The maximum Gasteiger partial charge on any atom is 0.228 e. The molecule has 158 valence electrons. The first-order chi connectivity index (χ1) is 14.6. The van der Waals surface area contributed by atoms with Crippen molar-refractivity contribution >= 4 is 17.3 Å². The van der Waals surface area contributed by atoms with Gasteiger partial charge >= 0.3 is 0 Å². The highest BCUT2D eigenvalue weighted by atomic mass is 16.5. The van der Waals surface area contributed by atoms with Crippen LogP contribution in [0.15, 0.2) is 42.5 Å². The fraction of sp³-hybridized carbons (Fsp3) is 0.480. The van der Waals surface area contributed by atoms with E-state index in [1.807, 2.05) is 6.07 Å². The molecule has 5 nitrogen and oxygen atoms in total. The second-order valence-corrected chi connectivity index (χ2v) is 8.88. The normalized spacial score (nSPS) is 23.2. The van der Waals surface area contributed by atoms with E-state index in [2.05, 4.69) is 58.0 Å². The lowest BCUT2D eigenvalue weighted by atomic mass is 9.83. The van der Waals surface area contributed by atoms with E-state index in [0.717, 1.165) is 57.7 Å². The van der Waals surface area contributed by atoms with Gasteiger partial charge in [-0.1, -0.05) is 23.8 Å². The monoisotopic (exact) mass is 405 g/mol. The number of aryl methyl sites for hydroxylation is 1. The van der Waals surface area contributed by atoms with Crippen molar-refractivity contribution in [3.8, 4) is 5.75 Å². The number of likely N-dealkylation sites (tertiary alicyclic amines) is 1. The van der Waals surface area contributed by atoms with Crippen molar-refractivity contribution in [3.63, 3.8) is 0 Å². The summed E-state index contributed by atoms with van der Waals surface area (Å²) in [6.07, 6.45) is 3.09. The van der Waals surface area contributed by atoms with Gasteiger partial charge in [0.15, 0.2) is 0 Å². The number of benzene rings is 2. The van der Waals surface area contributed by atoms with Crippen molar-refractivity contribution in [2.75, 3.05) is 49.6 Å². The number of ether oxygens (including phenoxy) is 1. The maximum absolute atomic E-state index is 13.5. The zero-order valence-corrected chi connectivity index (χ0v) is 18.0. The van der Waals surface area contributed by atoms with Gasteiger partial charge in [0.05, 0.1) is 19.1 Å². The molecule has 0 unspecified atom stereocenters. The Hall–Kier alpha value is -2.69. The molecule has 0 saturated carbocycles. The predicted molar refractivity (Wildman–Crippen MR) is 121 cm³/mol. The third-order valence-corrected chi connectivity index (χ3v) is 7.06. The fourth-order valence-electron chi connectivity index (χ4n) is 5.35. The highest BCUT2D eigenvalue weighted by molar-refractivity contribution is 5.83. The molecule has 5 rings (SSSR count). The molecule has 3 aliphatic rings. The number of fused-ring (bicyclic) bond motifs is 3. The lowest BCUT2D eigenvalue weighted by Crippen LogP contribution is -2.61. The molecular weight excluding hydrogens is 374 g/mol. The summed E-state index contributed by atoms with van der Waals surface area (Å²) in [5.74, 6) is 1.24. The van der Waals surface area contributed by atoms with Crippen molar-refractivity contribution in [3.05, 3.63) is 53.6 Å². The molecule has 2 atom stereocenters. The molecule has 2 fully saturated rings. The first-order valence-electron chi connectivity index (χ1n) is 11.2. The van der Waals surface area contributed by atoms with Gasteiger partial charge in [-0.3, -0.25) is 4.79 Å². The molecule has 0 spiro atoms. The Balaban J connectivity index is 1.48. The summed E-state index contributed by atoms with van der Waals surface area (Å²) in [4.78, 5) is 20.6. The van der Waals surface area contributed by atoms with Crippen molar-refractivity contribution in [1.29, 1.82) is 0 Å². The number of anilines is 2. The van der Waals surface area contributed by atoms with Crippen LogP contribution in [0.2, 0.25) is 0 Å². The van der Waals surface area contributed by atoms with Crippen molar-refractivity contribution in [2.45, 2.75) is 32.2 Å². The molecule has 5 heteroatoms. The standard InChI is InChI=1S/C25H31N3O2/c1-18-5-8-20(9-6-18)27-13-14-28-23-16-21(30-2)10-7-19(23)15-22(24(28)17-27)25(29)26-11-3-4-12-26/h5-10,16,22,24H,3-4,11-15,17H2,1-2H3/t22-,24-/m0/s1. The number of hydrogen-bond donors (Lipinski definition) is 0. The Morgan fingerprint density at radius 3 is 2.50 bits per heavy atom. The molecule has 30 heavy (non-hydrogen) atoms. The minimum Gasteiger partial charge on any atom is -0.497 e. The number of carbonyl (C=O) groups is 1. The zero-order chi connectivity index (χ0) is 20.7. The number of amides is 1. The number of rotatable bonds is 3. The lowest BCUT2D eigenvalue weighted by Gasteiger charge is -2.50. The van der Waals surface area contributed by atoms with E-state index in [9.17, 15) is 4.79 Å². The van der Waals surface area contributed by atoms with Crippen LogP contribution in [0.1, 0.15) is 24.0 Å². The SMILES string of the molecule is COc1ccc2c(c1)N1CCN(c3ccc(C)cc3)C[C@H]1[C@@H](C(=O)N1CCCC1)C2. The largest absolute Gasteiger partial charge is 0.497 e. The number of hydrogen-bond acceptors (Lipinski definition) is 4. The summed E-state index contributed by atoms with van der Waals surface area (Å²) in [5, 5.41) is 0. The molecule has 1 amide bonds. The molecule has 3 heterocycles. The number of methoxy groups -OCH3 is 1. The Kier molecular flexibility index (Phi) is 5.05. The smallest absolute Gasteiger partial charge is 0.228 e. The van der Waals surface area contributed by atoms with Gasteiger partial charge in [0, 0.05) is 50.2 Å². The number of piperazine rings is 1. The first kappa shape index (κ1) is 19.3. The molecule has 0 bridgehead atoms. The van der Waals surface area contributed by atoms with Gasteiger partial charge in [-0.25, -0.2) is 0 Å². The first-order valence-corrected chi connectivity index (χ1v) is 11.2. The molecule has 0 radical (unpaired) electrons. The van der Waals surface area contributed by atoms with Crippen LogP contribution in [-0.4, -0.2) is 56.7 Å². The fourth-order valence-corrected chi connectivity index (χ4v) is 5.35. The van der Waals surface area contributed by atoms with Crippen LogP contribution in [-0.2, 0) is 11.2 Å². The van der Waals surface area contributed by atoms with Crippen molar-refractivity contribution in [2.24, 2.45) is 5.92 Å². The predicted octanol–water partition coefficient (Wildman–Crippen LogP) is 3.49. The quantitative estimate of drug-likeness (QED) is 0.783. The van der Waals surface area contributed by atoms with Gasteiger partial charge in [-0.2, -0.15) is 0 Å². The highest BCUT2D eigenvalue weighted by Crippen LogP contribution is 2.39. The van der Waals surface area contributed by atoms with Gasteiger partial charge in [0.1, 0.15) is 5.75 Å². The van der Waals surface area contributed by atoms with Crippen LogP contribution in [0, 0.1) is 12.8 Å². The van der Waals surface area contributed by atoms with Crippen molar-refractivity contribution in [1.82, 2.24) is 4.90 Å². The van der Waals surface area contributed by atoms with E-state index in [1.54, 1.807) is 7.11 Å². The van der Waals surface area contributed by atoms with Crippen LogP contribution < -0.4 is 14.5 Å². The zero-order valence-electron chi connectivity index (χ0n) is 18.0. The van der Waals surface area contributed by atoms with Gasteiger partial charge in [0.2, 0.25) is 5.91 Å². The molecule has 0 aromatic heterocycles. The van der Waals surface area contributed by atoms with Gasteiger partial charge in [-0.05, 0) is 49.9 Å². The minimum absolute atomic E-state index is 0.0113. The summed E-state index contributed by atoms with van der Waals surface area (Å²) in [6, 6.07) is 15.3. The van der Waals surface area contributed by atoms with Gasteiger partial charge < -0.3 is 19.4 Å². The van der Waals surface area contributed by atoms with E-state index < -0.39 is 0 Å². The van der Waals surface area contributed by atoms with E-state index in [1.165, 1.54) is 22.5 Å². The minimum atomic E-state index is 0.0113. The average molecular weight is 406 g/mol.